The van der Waals surface area contributed by atoms with Crippen molar-refractivity contribution in [2.45, 2.75) is 38.5 Å². The second-order valence-corrected chi connectivity index (χ2v) is 10.7. The number of ether oxygens (including phenoxy) is 1. The summed E-state index contributed by atoms with van der Waals surface area (Å²) in [5.41, 5.74) is 1.75. The topological polar surface area (TPSA) is 75.7 Å². The van der Waals surface area contributed by atoms with Crippen LogP contribution in [0.4, 0.5) is 0 Å². The first kappa shape index (κ1) is 23.8. The number of nitrogens with zero attached hydrogens (tertiary/aromatic N) is 1. The molecule has 1 saturated heterocycles. The van der Waals surface area contributed by atoms with Crippen molar-refractivity contribution in [3.63, 3.8) is 0 Å². The van der Waals surface area contributed by atoms with Crippen LogP contribution in [-0.2, 0) is 20.6 Å². The lowest BCUT2D eigenvalue weighted by Crippen LogP contribution is -2.43. The Bertz CT molecular complexity index is 987. The Kier molecular flexibility index (Phi) is 8.13. The fourth-order valence-corrected chi connectivity index (χ4v) is 5.76. The molecule has 1 heterocycles. The normalized spacial score (nSPS) is 16.6. The first-order valence-electron chi connectivity index (χ1n) is 10.5. The summed E-state index contributed by atoms with van der Waals surface area (Å²) < 4.78 is 33.4. The van der Waals surface area contributed by atoms with Crippen molar-refractivity contribution >= 4 is 31.9 Å². The Morgan fingerprint density at radius 2 is 1.87 bits per heavy atom. The Labute approximate surface area is 193 Å². The van der Waals surface area contributed by atoms with Crippen LogP contribution in [0.3, 0.4) is 0 Å². The molecule has 0 aliphatic carbocycles. The Hall–Kier alpha value is -1.90. The number of nitrogens with one attached hydrogen (secondary N) is 1. The van der Waals surface area contributed by atoms with E-state index in [0.29, 0.717) is 32.5 Å². The molecule has 1 atom stereocenters. The van der Waals surface area contributed by atoms with Crippen LogP contribution in [0.25, 0.3) is 0 Å². The van der Waals surface area contributed by atoms with Crippen LogP contribution >= 0.6 is 15.9 Å². The van der Waals surface area contributed by atoms with E-state index in [-0.39, 0.29) is 23.6 Å². The summed E-state index contributed by atoms with van der Waals surface area (Å²) in [6.45, 7) is 5.24. The zero-order valence-electron chi connectivity index (χ0n) is 17.9. The van der Waals surface area contributed by atoms with Gasteiger partial charge in [-0.25, -0.2) is 12.7 Å². The number of piperidine rings is 1. The summed E-state index contributed by atoms with van der Waals surface area (Å²) in [6, 6.07) is 14.9. The van der Waals surface area contributed by atoms with Gasteiger partial charge in [0.15, 0.2) is 0 Å². The molecule has 2 aromatic carbocycles. The van der Waals surface area contributed by atoms with Crippen LogP contribution in [0.5, 0.6) is 5.75 Å². The largest absolute Gasteiger partial charge is 0.494 e. The van der Waals surface area contributed by atoms with Crippen molar-refractivity contribution in [3.05, 3.63) is 64.1 Å². The van der Waals surface area contributed by atoms with E-state index in [1.165, 1.54) is 4.31 Å². The minimum absolute atomic E-state index is 0.0228. The molecule has 31 heavy (non-hydrogen) atoms. The molecule has 1 fully saturated rings. The molecule has 1 aliphatic rings. The number of sulfonamides is 1. The number of hydrogen-bond donors (Lipinski definition) is 1. The highest BCUT2D eigenvalue weighted by Gasteiger charge is 2.31. The van der Waals surface area contributed by atoms with Crippen LogP contribution in [0.1, 0.15) is 43.9 Å². The summed E-state index contributed by atoms with van der Waals surface area (Å²) in [5.74, 6) is 0.576. The van der Waals surface area contributed by atoms with Crippen LogP contribution in [0.15, 0.2) is 53.0 Å². The number of hydrogen-bond acceptors (Lipinski definition) is 4. The van der Waals surface area contributed by atoms with Gasteiger partial charge in [0, 0.05) is 23.5 Å². The summed E-state index contributed by atoms with van der Waals surface area (Å²) in [4.78, 5) is 12.7. The molecule has 0 saturated carbocycles. The van der Waals surface area contributed by atoms with E-state index in [0.717, 1.165) is 21.3 Å². The maximum atomic E-state index is 12.8. The molecule has 1 amide bonds. The molecule has 2 aromatic rings. The summed E-state index contributed by atoms with van der Waals surface area (Å²) in [6.07, 6.45) is 1.05. The minimum atomic E-state index is -3.41. The molecule has 0 bridgehead atoms. The molecule has 3 rings (SSSR count). The number of carbonyl (C=O) groups excluding carboxylic acids is 1. The highest BCUT2D eigenvalue weighted by atomic mass is 79.9. The van der Waals surface area contributed by atoms with E-state index in [9.17, 15) is 13.2 Å². The molecule has 6 nitrogen and oxygen atoms in total. The molecule has 0 radical (unpaired) electrons. The third-order valence-corrected chi connectivity index (χ3v) is 7.85. The number of benzene rings is 2. The lowest BCUT2D eigenvalue weighted by molar-refractivity contribution is -0.126. The van der Waals surface area contributed by atoms with E-state index < -0.39 is 10.0 Å². The van der Waals surface area contributed by atoms with Crippen LogP contribution < -0.4 is 10.1 Å². The fraction of sp³-hybridized carbons (Fsp3) is 0.435. The van der Waals surface area contributed by atoms with E-state index >= 15 is 0 Å². The molecule has 0 aromatic heterocycles. The van der Waals surface area contributed by atoms with Crippen molar-refractivity contribution in [3.8, 4) is 5.75 Å². The monoisotopic (exact) mass is 508 g/mol. The average molecular weight is 509 g/mol. The van der Waals surface area contributed by atoms with Gasteiger partial charge in [0.2, 0.25) is 15.9 Å². The molecule has 0 spiro atoms. The van der Waals surface area contributed by atoms with Gasteiger partial charge in [-0.3, -0.25) is 4.79 Å². The van der Waals surface area contributed by atoms with Crippen molar-refractivity contribution in [1.82, 2.24) is 9.62 Å². The second-order valence-electron chi connectivity index (χ2n) is 7.79. The first-order valence-corrected chi connectivity index (χ1v) is 12.9. The van der Waals surface area contributed by atoms with Crippen LogP contribution in [0, 0.1) is 5.92 Å². The molecule has 8 heteroatoms. The van der Waals surface area contributed by atoms with Crippen molar-refractivity contribution in [2.24, 2.45) is 5.92 Å². The first-order chi connectivity index (χ1) is 14.8. The molecular formula is C23H29BrN2O4S. The molecular weight excluding hydrogens is 480 g/mol. The second kappa shape index (κ2) is 10.6. The minimum Gasteiger partial charge on any atom is -0.494 e. The Morgan fingerprint density at radius 3 is 2.48 bits per heavy atom. The van der Waals surface area contributed by atoms with Crippen LogP contribution in [0.2, 0.25) is 0 Å². The van der Waals surface area contributed by atoms with E-state index in [2.05, 4.69) is 21.2 Å². The lowest BCUT2D eigenvalue weighted by Gasteiger charge is -2.31. The van der Waals surface area contributed by atoms with Crippen molar-refractivity contribution < 1.29 is 17.9 Å². The van der Waals surface area contributed by atoms with E-state index in [4.69, 9.17) is 4.74 Å². The molecule has 168 valence electrons. The number of halogens is 1. The maximum absolute atomic E-state index is 12.8. The smallest absolute Gasteiger partial charge is 0.223 e. The van der Waals surface area contributed by atoms with E-state index in [1.54, 1.807) is 0 Å². The predicted molar refractivity (Wildman–Crippen MR) is 125 cm³/mol. The number of carbonyl (C=O) groups is 1. The van der Waals surface area contributed by atoms with Crippen molar-refractivity contribution in [2.75, 3.05) is 19.7 Å². The zero-order valence-corrected chi connectivity index (χ0v) is 20.3. The molecule has 0 unspecified atom stereocenters. The predicted octanol–water partition coefficient (Wildman–Crippen LogP) is 4.27. The molecule has 1 N–H and O–H groups in total. The van der Waals surface area contributed by atoms with Gasteiger partial charge in [-0.05, 0) is 62.1 Å². The maximum Gasteiger partial charge on any atom is 0.223 e. The van der Waals surface area contributed by atoms with Gasteiger partial charge in [0.25, 0.3) is 0 Å². The summed E-state index contributed by atoms with van der Waals surface area (Å²) >= 11 is 3.38. The van der Waals surface area contributed by atoms with Gasteiger partial charge in [-0.15, -0.1) is 0 Å². The standard InChI is InChI=1S/C23H29BrN2O4S/c1-3-30-22-9-7-19(8-10-22)17(2)25-23(27)20-11-13-26(14-12-20)31(28,29)16-18-5-4-6-21(24)15-18/h4-10,15,17,20H,3,11-14,16H2,1-2H3,(H,25,27)/t17-/m1/s1. The van der Waals surface area contributed by atoms with Gasteiger partial charge in [0.05, 0.1) is 18.4 Å². The summed E-state index contributed by atoms with van der Waals surface area (Å²) in [7, 11) is -3.41. The SMILES string of the molecule is CCOc1ccc([C@@H](C)NC(=O)C2CCN(S(=O)(=O)Cc3cccc(Br)c3)CC2)cc1. The van der Waals surface area contributed by atoms with Gasteiger partial charge in [-0.1, -0.05) is 40.2 Å². The third kappa shape index (κ3) is 6.54. The van der Waals surface area contributed by atoms with Crippen molar-refractivity contribution in [1.29, 1.82) is 0 Å². The van der Waals surface area contributed by atoms with E-state index in [1.807, 2.05) is 62.4 Å². The highest BCUT2D eigenvalue weighted by molar-refractivity contribution is 9.10. The van der Waals surface area contributed by atoms with Gasteiger partial charge < -0.3 is 10.1 Å². The fourth-order valence-electron chi connectivity index (χ4n) is 3.76. The lowest BCUT2D eigenvalue weighted by atomic mass is 9.96. The average Bonchev–Trinajstić information content (AvgIpc) is 2.74. The molecule has 1 aliphatic heterocycles. The van der Waals surface area contributed by atoms with Crippen LogP contribution in [-0.4, -0.2) is 38.3 Å². The quantitative estimate of drug-likeness (QED) is 0.577. The highest BCUT2D eigenvalue weighted by Crippen LogP contribution is 2.24. The number of rotatable bonds is 8. The van der Waals surface area contributed by atoms with Gasteiger partial charge in [0.1, 0.15) is 5.75 Å². The summed E-state index contributed by atoms with van der Waals surface area (Å²) in [5, 5.41) is 3.06. The van der Waals surface area contributed by atoms with Gasteiger partial charge in [-0.2, -0.15) is 0 Å². The van der Waals surface area contributed by atoms with Gasteiger partial charge >= 0.3 is 0 Å². The Balaban J connectivity index is 1.52. The zero-order chi connectivity index (χ0) is 22.4. The Morgan fingerprint density at radius 1 is 1.19 bits per heavy atom. The number of amides is 1. The third-order valence-electron chi connectivity index (χ3n) is 5.51.